The third-order valence-corrected chi connectivity index (χ3v) is 4.98. The number of hydrogen-bond acceptors (Lipinski definition) is 2. The number of aryl methyl sites for hydroxylation is 1. The van der Waals surface area contributed by atoms with Crippen LogP contribution in [0.2, 0.25) is 0 Å². The van der Waals surface area contributed by atoms with E-state index in [1.165, 1.54) is 57.4 Å². The number of unbranched alkanes of at least 4 members (excludes halogenated alkanes) is 9. The zero-order chi connectivity index (χ0) is 17.1. The second kappa shape index (κ2) is 10.8. The highest BCUT2D eigenvalue weighted by molar-refractivity contribution is 7.85. The quantitative estimate of drug-likeness (QED) is 0.400. The van der Waals surface area contributed by atoms with E-state index in [2.05, 4.69) is 6.92 Å². The summed E-state index contributed by atoms with van der Waals surface area (Å²) in [5, 5.41) is 0. The third kappa shape index (κ3) is 8.47. The highest BCUT2D eigenvalue weighted by atomic mass is 32.2. The van der Waals surface area contributed by atoms with Gasteiger partial charge in [-0.3, -0.25) is 4.55 Å². The first-order valence-electron chi connectivity index (χ1n) is 8.71. The van der Waals surface area contributed by atoms with E-state index in [-0.39, 0.29) is 0 Å². The number of benzene rings is 1. The van der Waals surface area contributed by atoms with Crippen molar-refractivity contribution in [1.82, 2.24) is 0 Å². The molecule has 0 atom stereocenters. The Kier molecular flexibility index (Phi) is 9.41. The molecule has 0 amide bonds. The predicted octanol–water partition coefficient (Wildman–Crippen LogP) is 5.54. The van der Waals surface area contributed by atoms with Crippen molar-refractivity contribution in [2.24, 2.45) is 0 Å². The molecule has 0 heterocycles. The van der Waals surface area contributed by atoms with Gasteiger partial charge in [-0.25, -0.2) is 4.39 Å². The molecule has 0 aliphatic rings. The van der Waals surface area contributed by atoms with Crippen LogP contribution in [0.4, 0.5) is 4.39 Å². The maximum atomic E-state index is 13.6. The lowest BCUT2D eigenvalue weighted by Gasteiger charge is -2.05. The van der Waals surface area contributed by atoms with Crippen LogP contribution in [-0.4, -0.2) is 13.0 Å². The molecule has 132 valence electrons. The molecular formula is C18H29FO3S. The molecule has 5 heteroatoms. The van der Waals surface area contributed by atoms with Crippen LogP contribution in [0.15, 0.2) is 23.1 Å². The van der Waals surface area contributed by atoms with Gasteiger partial charge in [-0.1, -0.05) is 70.8 Å². The van der Waals surface area contributed by atoms with E-state index in [9.17, 15) is 12.8 Å². The van der Waals surface area contributed by atoms with Gasteiger partial charge in [0.15, 0.2) is 0 Å². The lowest BCUT2D eigenvalue weighted by Crippen LogP contribution is -2.02. The average molecular weight is 344 g/mol. The Hall–Kier alpha value is -0.940. The van der Waals surface area contributed by atoms with Gasteiger partial charge in [-0.2, -0.15) is 8.42 Å². The van der Waals surface area contributed by atoms with Crippen LogP contribution in [0.25, 0.3) is 0 Å². The van der Waals surface area contributed by atoms with E-state index in [1.54, 1.807) is 6.07 Å². The molecule has 1 rings (SSSR count). The van der Waals surface area contributed by atoms with Gasteiger partial charge in [0.2, 0.25) is 0 Å². The number of rotatable bonds is 12. The largest absolute Gasteiger partial charge is 0.297 e. The van der Waals surface area contributed by atoms with Crippen LogP contribution in [0.1, 0.15) is 76.7 Å². The van der Waals surface area contributed by atoms with E-state index >= 15 is 0 Å². The Morgan fingerprint density at radius 1 is 0.913 bits per heavy atom. The topological polar surface area (TPSA) is 54.4 Å². The van der Waals surface area contributed by atoms with Crippen LogP contribution in [-0.2, 0) is 16.5 Å². The summed E-state index contributed by atoms with van der Waals surface area (Å²) >= 11 is 0. The van der Waals surface area contributed by atoms with Crippen molar-refractivity contribution < 1.29 is 17.4 Å². The van der Waals surface area contributed by atoms with E-state index < -0.39 is 20.8 Å². The van der Waals surface area contributed by atoms with E-state index in [4.69, 9.17) is 4.55 Å². The normalized spacial score (nSPS) is 11.8. The first-order chi connectivity index (χ1) is 10.9. The maximum absolute atomic E-state index is 13.6. The molecule has 0 fully saturated rings. The van der Waals surface area contributed by atoms with Gasteiger partial charge >= 0.3 is 0 Å². The van der Waals surface area contributed by atoms with Crippen molar-refractivity contribution in [3.63, 3.8) is 0 Å². The van der Waals surface area contributed by atoms with E-state index in [0.29, 0.717) is 0 Å². The summed E-state index contributed by atoms with van der Waals surface area (Å²) in [5.74, 6) is -0.878. The van der Waals surface area contributed by atoms with Gasteiger partial charge in [-0.05, 0) is 30.5 Å². The fourth-order valence-corrected chi connectivity index (χ4v) is 3.27. The average Bonchev–Trinajstić information content (AvgIpc) is 2.48. The van der Waals surface area contributed by atoms with Gasteiger partial charge in [0, 0.05) is 0 Å². The molecule has 0 saturated carbocycles. The van der Waals surface area contributed by atoms with Crippen molar-refractivity contribution in [3.8, 4) is 0 Å². The zero-order valence-electron chi connectivity index (χ0n) is 14.1. The van der Waals surface area contributed by atoms with Gasteiger partial charge in [0.25, 0.3) is 10.1 Å². The summed E-state index contributed by atoms with van der Waals surface area (Å²) in [7, 11) is -4.47. The summed E-state index contributed by atoms with van der Waals surface area (Å²) in [4.78, 5) is -0.649. The fourth-order valence-electron chi connectivity index (χ4n) is 2.73. The molecule has 23 heavy (non-hydrogen) atoms. The highest BCUT2D eigenvalue weighted by Crippen LogP contribution is 2.18. The molecule has 3 nitrogen and oxygen atoms in total. The van der Waals surface area contributed by atoms with Gasteiger partial charge in [0.05, 0.1) is 0 Å². The van der Waals surface area contributed by atoms with E-state index in [0.717, 1.165) is 30.9 Å². The Morgan fingerprint density at radius 3 is 1.91 bits per heavy atom. The van der Waals surface area contributed by atoms with Crippen molar-refractivity contribution in [2.45, 2.75) is 82.4 Å². The first-order valence-corrected chi connectivity index (χ1v) is 10.1. The number of hydrogen-bond donors (Lipinski definition) is 1. The Morgan fingerprint density at radius 2 is 1.43 bits per heavy atom. The minimum absolute atomic E-state index is 0.649. The SMILES string of the molecule is CCCCCCCCCCCCc1ccc(S(=O)(=O)O)c(F)c1. The lowest BCUT2D eigenvalue weighted by atomic mass is 10.0. The summed E-state index contributed by atoms with van der Waals surface area (Å²) in [6.45, 7) is 2.22. The summed E-state index contributed by atoms with van der Waals surface area (Å²) in [6, 6.07) is 3.91. The third-order valence-electron chi connectivity index (χ3n) is 4.09. The number of halogens is 1. The van der Waals surface area contributed by atoms with Crippen LogP contribution in [0.3, 0.4) is 0 Å². The van der Waals surface area contributed by atoms with Crippen LogP contribution < -0.4 is 0 Å². The van der Waals surface area contributed by atoms with Gasteiger partial charge < -0.3 is 0 Å². The molecule has 0 spiro atoms. The molecule has 0 radical (unpaired) electrons. The summed E-state index contributed by atoms with van der Waals surface area (Å²) < 4.78 is 44.3. The fraction of sp³-hybridized carbons (Fsp3) is 0.667. The molecule has 1 aromatic rings. The molecular weight excluding hydrogens is 315 g/mol. The standard InChI is InChI=1S/C18H29FO3S/c1-2-3-4-5-6-7-8-9-10-11-12-16-13-14-18(17(19)15-16)23(20,21)22/h13-15H,2-12H2,1H3,(H,20,21,22). The molecule has 0 aliphatic carbocycles. The summed E-state index contributed by atoms with van der Waals surface area (Å²) in [6.07, 6.45) is 13.2. The second-order valence-electron chi connectivity index (χ2n) is 6.17. The maximum Gasteiger partial charge on any atom is 0.297 e. The van der Waals surface area contributed by atoms with Crippen LogP contribution in [0, 0.1) is 5.82 Å². The van der Waals surface area contributed by atoms with Crippen molar-refractivity contribution in [2.75, 3.05) is 0 Å². The molecule has 0 saturated heterocycles. The Bertz CT molecular complexity index is 555. The molecule has 0 aliphatic heterocycles. The molecule has 0 unspecified atom stereocenters. The van der Waals surface area contributed by atoms with Gasteiger partial charge in [-0.15, -0.1) is 0 Å². The van der Waals surface area contributed by atoms with Crippen molar-refractivity contribution in [3.05, 3.63) is 29.6 Å². The first kappa shape index (κ1) is 20.1. The molecule has 1 aromatic carbocycles. The van der Waals surface area contributed by atoms with Crippen LogP contribution >= 0.6 is 0 Å². The zero-order valence-corrected chi connectivity index (χ0v) is 14.9. The van der Waals surface area contributed by atoms with Crippen molar-refractivity contribution in [1.29, 1.82) is 0 Å². The minimum atomic E-state index is -4.47. The van der Waals surface area contributed by atoms with Crippen LogP contribution in [0.5, 0.6) is 0 Å². The molecule has 0 bridgehead atoms. The van der Waals surface area contributed by atoms with E-state index in [1.807, 2.05) is 0 Å². The molecule has 0 aromatic heterocycles. The minimum Gasteiger partial charge on any atom is -0.282 e. The smallest absolute Gasteiger partial charge is 0.282 e. The van der Waals surface area contributed by atoms with Crippen molar-refractivity contribution >= 4 is 10.1 Å². The Labute approximate surface area is 140 Å². The van der Waals surface area contributed by atoms with Gasteiger partial charge in [0.1, 0.15) is 10.7 Å². The Balaban J connectivity index is 2.16. The highest BCUT2D eigenvalue weighted by Gasteiger charge is 2.15. The second-order valence-corrected chi connectivity index (χ2v) is 7.56. The molecule has 1 N–H and O–H groups in total. The lowest BCUT2D eigenvalue weighted by molar-refractivity contribution is 0.473. The predicted molar refractivity (Wildman–Crippen MR) is 91.8 cm³/mol. The summed E-state index contributed by atoms with van der Waals surface area (Å²) in [5.41, 5.74) is 0.773. The monoisotopic (exact) mass is 344 g/mol.